The Labute approximate surface area is 194 Å². The van der Waals surface area contributed by atoms with E-state index in [1.165, 1.54) is 26.4 Å². The summed E-state index contributed by atoms with van der Waals surface area (Å²) in [6.45, 7) is 1.74. The molecule has 3 aromatic rings. The van der Waals surface area contributed by atoms with Gasteiger partial charge in [-0.15, -0.1) is 10.2 Å². The van der Waals surface area contributed by atoms with Gasteiger partial charge in [-0.1, -0.05) is 6.07 Å². The van der Waals surface area contributed by atoms with Crippen LogP contribution >= 0.6 is 0 Å². The number of β-amino-alcohol motifs (C(OH)–C–C–N with tert-alkyl or cyclic N) is 1. The number of rotatable bonds is 7. The van der Waals surface area contributed by atoms with Crippen LogP contribution in [0.3, 0.4) is 0 Å². The molecule has 1 saturated heterocycles. The SMILES string of the molecule is COc1cccc(OC)c1-n1c(/C=C/C(=O)N2C[C@H](O)CC2C(=O)O)nnc1-c1ccc(C)o1. The van der Waals surface area contributed by atoms with Crippen molar-refractivity contribution in [2.24, 2.45) is 0 Å². The van der Waals surface area contributed by atoms with Crippen LogP contribution in [-0.4, -0.2) is 74.7 Å². The van der Waals surface area contributed by atoms with E-state index in [0.29, 0.717) is 34.5 Å². The van der Waals surface area contributed by atoms with Gasteiger partial charge >= 0.3 is 5.97 Å². The van der Waals surface area contributed by atoms with Crippen LogP contribution in [0.15, 0.2) is 40.8 Å². The highest BCUT2D eigenvalue weighted by molar-refractivity contribution is 5.94. The van der Waals surface area contributed by atoms with Crippen molar-refractivity contribution < 1.29 is 33.7 Å². The van der Waals surface area contributed by atoms with E-state index >= 15 is 0 Å². The van der Waals surface area contributed by atoms with Crippen LogP contribution in [0.25, 0.3) is 23.3 Å². The van der Waals surface area contributed by atoms with E-state index < -0.39 is 24.0 Å². The molecule has 2 atom stereocenters. The number of amides is 1. The smallest absolute Gasteiger partial charge is 0.326 e. The summed E-state index contributed by atoms with van der Waals surface area (Å²) in [5.74, 6) is 0.927. The van der Waals surface area contributed by atoms with Crippen LogP contribution in [0.2, 0.25) is 0 Å². The number of likely N-dealkylation sites (tertiary alicyclic amines) is 1. The van der Waals surface area contributed by atoms with Gasteiger partial charge in [0, 0.05) is 19.0 Å². The van der Waals surface area contributed by atoms with Crippen molar-refractivity contribution in [2.75, 3.05) is 20.8 Å². The third-order valence-corrected chi connectivity index (χ3v) is 5.50. The van der Waals surface area contributed by atoms with Crippen molar-refractivity contribution in [1.29, 1.82) is 0 Å². The molecule has 0 aliphatic carbocycles. The van der Waals surface area contributed by atoms with Crippen molar-refractivity contribution >= 4 is 18.0 Å². The fourth-order valence-corrected chi connectivity index (χ4v) is 3.92. The predicted molar refractivity (Wildman–Crippen MR) is 120 cm³/mol. The topological polar surface area (TPSA) is 140 Å². The van der Waals surface area contributed by atoms with Gasteiger partial charge in [0.2, 0.25) is 11.7 Å². The second-order valence-electron chi connectivity index (χ2n) is 7.71. The number of nitrogens with zero attached hydrogens (tertiary/aromatic N) is 4. The van der Waals surface area contributed by atoms with E-state index in [-0.39, 0.29) is 18.8 Å². The number of carboxylic acids is 1. The molecule has 1 unspecified atom stereocenters. The molecule has 2 N–H and O–H groups in total. The molecule has 178 valence electrons. The van der Waals surface area contributed by atoms with Gasteiger partial charge in [0.15, 0.2) is 11.6 Å². The average Bonchev–Trinajstić information content (AvgIpc) is 3.54. The molecule has 11 nitrogen and oxygen atoms in total. The summed E-state index contributed by atoms with van der Waals surface area (Å²) in [5, 5.41) is 27.7. The van der Waals surface area contributed by atoms with Crippen molar-refractivity contribution in [3.8, 4) is 28.8 Å². The van der Waals surface area contributed by atoms with Crippen LogP contribution < -0.4 is 9.47 Å². The second kappa shape index (κ2) is 9.40. The number of para-hydroxylation sites is 1. The van der Waals surface area contributed by atoms with Crippen molar-refractivity contribution in [3.05, 3.63) is 48.0 Å². The minimum atomic E-state index is -1.17. The molecule has 0 radical (unpaired) electrons. The first-order valence-electron chi connectivity index (χ1n) is 10.5. The number of aryl methyl sites for hydroxylation is 1. The number of ether oxygens (including phenoxy) is 2. The first-order valence-corrected chi connectivity index (χ1v) is 10.5. The molecule has 1 fully saturated rings. The number of aliphatic hydroxyl groups excluding tert-OH is 1. The minimum absolute atomic E-state index is 0.0223. The van der Waals surface area contributed by atoms with Gasteiger partial charge in [0.1, 0.15) is 29.0 Å². The number of aliphatic carboxylic acids is 1. The van der Waals surface area contributed by atoms with Crippen molar-refractivity contribution in [3.63, 3.8) is 0 Å². The molecule has 0 bridgehead atoms. The molecule has 0 saturated carbocycles. The van der Waals surface area contributed by atoms with E-state index in [4.69, 9.17) is 13.9 Å². The molecular formula is C23H24N4O7. The lowest BCUT2D eigenvalue weighted by Crippen LogP contribution is -2.39. The molecule has 1 aromatic carbocycles. The first kappa shape index (κ1) is 23.1. The maximum Gasteiger partial charge on any atom is 0.326 e. The van der Waals surface area contributed by atoms with Crippen LogP contribution in [0.1, 0.15) is 18.0 Å². The summed E-state index contributed by atoms with van der Waals surface area (Å²) in [4.78, 5) is 25.4. The van der Waals surface area contributed by atoms with Gasteiger partial charge in [0.25, 0.3) is 0 Å². The van der Waals surface area contributed by atoms with Crippen molar-refractivity contribution in [2.45, 2.75) is 25.5 Å². The quantitative estimate of drug-likeness (QED) is 0.498. The first-order chi connectivity index (χ1) is 16.3. The summed E-state index contributed by atoms with van der Waals surface area (Å²) in [6, 6.07) is 7.71. The molecule has 11 heteroatoms. The Bertz CT molecular complexity index is 1220. The highest BCUT2D eigenvalue weighted by atomic mass is 16.5. The summed E-state index contributed by atoms with van der Waals surface area (Å²) in [5.41, 5.74) is 0.494. The summed E-state index contributed by atoms with van der Waals surface area (Å²) < 4.78 is 18.5. The van der Waals surface area contributed by atoms with E-state index in [9.17, 15) is 19.8 Å². The number of carboxylic acid groups (broad SMARTS) is 1. The Kier molecular flexibility index (Phi) is 6.37. The zero-order chi connectivity index (χ0) is 24.4. The molecule has 4 rings (SSSR count). The number of carbonyl (C=O) groups excluding carboxylic acids is 1. The van der Waals surface area contributed by atoms with Crippen LogP contribution in [-0.2, 0) is 9.59 Å². The zero-order valence-corrected chi connectivity index (χ0v) is 18.8. The second-order valence-corrected chi connectivity index (χ2v) is 7.71. The monoisotopic (exact) mass is 468 g/mol. The van der Waals surface area contributed by atoms with Gasteiger partial charge in [-0.05, 0) is 37.3 Å². The fourth-order valence-electron chi connectivity index (χ4n) is 3.92. The minimum Gasteiger partial charge on any atom is -0.494 e. The number of methoxy groups -OCH3 is 2. The molecule has 3 heterocycles. The van der Waals surface area contributed by atoms with Gasteiger partial charge in [-0.2, -0.15) is 0 Å². The maximum atomic E-state index is 12.8. The normalized spacial score (nSPS) is 17.9. The number of hydrogen-bond donors (Lipinski definition) is 2. The van der Waals surface area contributed by atoms with E-state index in [0.717, 1.165) is 4.90 Å². The van der Waals surface area contributed by atoms with Crippen LogP contribution in [0.5, 0.6) is 11.5 Å². The Balaban J connectivity index is 1.80. The van der Waals surface area contributed by atoms with Crippen LogP contribution in [0, 0.1) is 6.92 Å². The summed E-state index contributed by atoms with van der Waals surface area (Å²) in [7, 11) is 3.03. The maximum absolute atomic E-state index is 12.8. The molecule has 1 aliphatic rings. The zero-order valence-electron chi connectivity index (χ0n) is 18.8. The number of hydrogen-bond acceptors (Lipinski definition) is 8. The van der Waals surface area contributed by atoms with Crippen LogP contribution in [0.4, 0.5) is 0 Å². The Morgan fingerprint density at radius 1 is 1.15 bits per heavy atom. The Morgan fingerprint density at radius 3 is 2.44 bits per heavy atom. The number of benzene rings is 1. The Morgan fingerprint density at radius 2 is 1.85 bits per heavy atom. The lowest BCUT2D eigenvalue weighted by atomic mass is 10.2. The Hall–Kier alpha value is -4.12. The summed E-state index contributed by atoms with van der Waals surface area (Å²) in [6.07, 6.45) is 1.71. The van der Waals surface area contributed by atoms with Gasteiger partial charge < -0.3 is 29.0 Å². The largest absolute Gasteiger partial charge is 0.494 e. The number of aliphatic hydroxyl groups is 1. The third-order valence-electron chi connectivity index (χ3n) is 5.50. The molecule has 1 amide bonds. The highest BCUT2D eigenvalue weighted by Crippen LogP contribution is 2.36. The molecule has 2 aromatic heterocycles. The lowest BCUT2D eigenvalue weighted by molar-refractivity contribution is -0.146. The summed E-state index contributed by atoms with van der Waals surface area (Å²) >= 11 is 0. The average molecular weight is 468 g/mol. The number of aromatic nitrogens is 3. The van der Waals surface area contributed by atoms with E-state index in [1.807, 2.05) is 0 Å². The standard InChI is InChI=1S/C23H24N4O7/c1-13-7-8-18(34-13)22-25-24-19(27(22)21-16(32-2)5-4-6-17(21)33-3)9-10-20(29)26-12-14(28)11-15(26)23(30)31/h4-10,14-15,28H,11-12H2,1-3H3,(H,30,31)/b10-9+/t14-,15?/m1/s1. The number of furan rings is 1. The lowest BCUT2D eigenvalue weighted by Gasteiger charge is -2.19. The van der Waals surface area contributed by atoms with Gasteiger partial charge in [-0.25, -0.2) is 4.79 Å². The van der Waals surface area contributed by atoms with Crippen molar-refractivity contribution in [1.82, 2.24) is 19.7 Å². The molecule has 0 spiro atoms. The van der Waals surface area contributed by atoms with Gasteiger partial charge in [-0.3, -0.25) is 9.36 Å². The molecule has 34 heavy (non-hydrogen) atoms. The molecule has 1 aliphatic heterocycles. The third kappa shape index (κ3) is 4.25. The highest BCUT2D eigenvalue weighted by Gasteiger charge is 2.38. The van der Waals surface area contributed by atoms with E-state index in [2.05, 4.69) is 10.2 Å². The van der Waals surface area contributed by atoms with Gasteiger partial charge in [0.05, 0.1) is 20.3 Å². The molecular weight excluding hydrogens is 444 g/mol. The number of carbonyl (C=O) groups is 2. The predicted octanol–water partition coefficient (Wildman–Crippen LogP) is 1.91. The fraction of sp³-hybridized carbons (Fsp3) is 0.304. The van der Waals surface area contributed by atoms with E-state index in [1.54, 1.807) is 41.8 Å².